The molecule has 3 aromatic carbocycles. The third-order valence-corrected chi connectivity index (χ3v) is 5.00. The molecule has 0 aliphatic heterocycles. The lowest BCUT2D eigenvalue weighted by atomic mass is 10.1. The van der Waals surface area contributed by atoms with Gasteiger partial charge in [0.15, 0.2) is 5.82 Å². The Labute approximate surface area is 185 Å². The number of carbonyl (C=O) groups is 1. The minimum atomic E-state index is -0.321. The van der Waals surface area contributed by atoms with E-state index in [0.717, 1.165) is 5.56 Å². The highest BCUT2D eigenvalue weighted by Gasteiger charge is 2.12. The molecule has 0 radical (unpaired) electrons. The zero-order chi connectivity index (χ0) is 22.5. The van der Waals surface area contributed by atoms with Gasteiger partial charge in [-0.2, -0.15) is 4.98 Å². The van der Waals surface area contributed by atoms with E-state index in [2.05, 4.69) is 15.3 Å². The predicted octanol–water partition coefficient (Wildman–Crippen LogP) is 5.87. The number of aryl methyl sites for hydroxylation is 1. The fourth-order valence-corrected chi connectivity index (χ4v) is 3.15. The number of nitrogens with zero attached hydrogens (tertiary/aromatic N) is 2. The van der Waals surface area contributed by atoms with Gasteiger partial charge in [-0.25, -0.2) is 9.37 Å². The first kappa shape index (κ1) is 21.2. The monoisotopic (exact) mass is 427 g/mol. The summed E-state index contributed by atoms with van der Waals surface area (Å²) in [5, 5.41) is 3.00. The minimum Gasteiger partial charge on any atom is -0.439 e. The summed E-state index contributed by atoms with van der Waals surface area (Å²) in [4.78, 5) is 21.2. The van der Waals surface area contributed by atoms with Gasteiger partial charge in [-0.1, -0.05) is 29.8 Å². The molecular formula is C26H22FN3O2. The molecule has 5 nitrogen and oxygen atoms in total. The summed E-state index contributed by atoms with van der Waals surface area (Å²) in [6, 6.07) is 22.4. The van der Waals surface area contributed by atoms with Crippen LogP contribution in [0.3, 0.4) is 0 Å². The second-order valence-electron chi connectivity index (χ2n) is 7.46. The molecule has 0 saturated heterocycles. The van der Waals surface area contributed by atoms with E-state index >= 15 is 0 Å². The maximum atomic E-state index is 13.1. The van der Waals surface area contributed by atoms with E-state index < -0.39 is 0 Å². The van der Waals surface area contributed by atoms with Crippen molar-refractivity contribution in [3.05, 3.63) is 108 Å². The number of hydrogen-bond acceptors (Lipinski definition) is 4. The van der Waals surface area contributed by atoms with Crippen LogP contribution in [0.4, 0.5) is 4.39 Å². The van der Waals surface area contributed by atoms with E-state index in [9.17, 15) is 9.18 Å². The number of halogens is 1. The molecule has 0 spiro atoms. The molecule has 1 atom stereocenters. The van der Waals surface area contributed by atoms with Crippen molar-refractivity contribution in [2.45, 2.75) is 19.9 Å². The van der Waals surface area contributed by atoms with Crippen molar-refractivity contribution in [2.75, 3.05) is 0 Å². The summed E-state index contributed by atoms with van der Waals surface area (Å²) < 4.78 is 18.9. The Morgan fingerprint density at radius 3 is 2.31 bits per heavy atom. The average Bonchev–Trinajstić information content (AvgIpc) is 2.80. The zero-order valence-corrected chi connectivity index (χ0v) is 17.7. The summed E-state index contributed by atoms with van der Waals surface area (Å²) in [6.45, 7) is 3.98. The maximum Gasteiger partial charge on any atom is 0.251 e. The number of aromatic nitrogens is 2. The SMILES string of the molecule is Cc1ccc([C@H](C)NC(=O)c2ccc(Oc3ccnc(-c4ccc(F)cc4)n3)cc2)cc1. The Balaban J connectivity index is 1.41. The third-order valence-electron chi connectivity index (χ3n) is 5.00. The molecule has 4 rings (SSSR count). The van der Waals surface area contributed by atoms with Crippen LogP contribution in [-0.2, 0) is 0 Å². The molecule has 1 aromatic heterocycles. The van der Waals surface area contributed by atoms with E-state index in [4.69, 9.17) is 4.74 Å². The molecule has 0 aliphatic carbocycles. The molecule has 1 amide bonds. The van der Waals surface area contributed by atoms with E-state index in [1.807, 2.05) is 38.1 Å². The third kappa shape index (κ3) is 5.16. The Hall–Kier alpha value is -4.06. The normalized spacial score (nSPS) is 11.6. The summed E-state index contributed by atoms with van der Waals surface area (Å²) in [5.41, 5.74) is 3.44. The van der Waals surface area contributed by atoms with Crippen molar-refractivity contribution in [3.8, 4) is 23.0 Å². The Bertz CT molecular complexity index is 1210. The smallest absolute Gasteiger partial charge is 0.251 e. The highest BCUT2D eigenvalue weighted by Crippen LogP contribution is 2.23. The minimum absolute atomic E-state index is 0.107. The quantitative estimate of drug-likeness (QED) is 0.418. The van der Waals surface area contributed by atoms with Gasteiger partial charge in [0.2, 0.25) is 5.88 Å². The first-order chi connectivity index (χ1) is 15.5. The van der Waals surface area contributed by atoms with Crippen LogP contribution in [0.15, 0.2) is 85.1 Å². The van der Waals surface area contributed by atoms with E-state index in [1.54, 1.807) is 48.7 Å². The van der Waals surface area contributed by atoms with Crippen LogP contribution in [0.2, 0.25) is 0 Å². The van der Waals surface area contributed by atoms with Crippen LogP contribution in [0.1, 0.15) is 34.5 Å². The molecule has 0 fully saturated rings. The van der Waals surface area contributed by atoms with Crippen LogP contribution in [0, 0.1) is 12.7 Å². The molecule has 0 unspecified atom stereocenters. The standard InChI is InChI=1S/C26H22FN3O2/c1-17-3-5-19(6-4-17)18(2)29-26(31)21-9-13-23(14-10-21)32-24-15-16-28-25(30-24)20-7-11-22(27)12-8-20/h3-16,18H,1-2H3,(H,29,31)/t18-/m0/s1. The molecule has 1 N–H and O–H groups in total. The first-order valence-corrected chi connectivity index (χ1v) is 10.2. The molecule has 32 heavy (non-hydrogen) atoms. The molecule has 0 aliphatic rings. The highest BCUT2D eigenvalue weighted by atomic mass is 19.1. The number of rotatable bonds is 6. The summed E-state index contributed by atoms with van der Waals surface area (Å²) in [5.74, 6) is 0.841. The summed E-state index contributed by atoms with van der Waals surface area (Å²) >= 11 is 0. The van der Waals surface area contributed by atoms with Crippen molar-refractivity contribution in [1.82, 2.24) is 15.3 Å². The van der Waals surface area contributed by atoms with Gasteiger partial charge in [0.1, 0.15) is 11.6 Å². The topological polar surface area (TPSA) is 64.1 Å². The van der Waals surface area contributed by atoms with Crippen LogP contribution in [-0.4, -0.2) is 15.9 Å². The fourth-order valence-electron chi connectivity index (χ4n) is 3.15. The number of benzene rings is 3. The average molecular weight is 427 g/mol. The van der Waals surface area contributed by atoms with Gasteiger partial charge in [0.25, 0.3) is 5.91 Å². The van der Waals surface area contributed by atoms with E-state index in [-0.39, 0.29) is 17.8 Å². The molecule has 0 saturated carbocycles. The van der Waals surface area contributed by atoms with Crippen molar-refractivity contribution < 1.29 is 13.9 Å². The van der Waals surface area contributed by atoms with Crippen LogP contribution in [0.25, 0.3) is 11.4 Å². The van der Waals surface area contributed by atoms with Crippen LogP contribution in [0.5, 0.6) is 11.6 Å². The second-order valence-corrected chi connectivity index (χ2v) is 7.46. The van der Waals surface area contributed by atoms with Gasteiger partial charge in [-0.3, -0.25) is 4.79 Å². The van der Waals surface area contributed by atoms with Crippen LogP contribution >= 0.6 is 0 Å². The Morgan fingerprint density at radius 2 is 1.62 bits per heavy atom. The van der Waals surface area contributed by atoms with Crippen molar-refractivity contribution >= 4 is 5.91 Å². The van der Waals surface area contributed by atoms with Crippen molar-refractivity contribution in [2.24, 2.45) is 0 Å². The summed E-state index contributed by atoms with van der Waals surface area (Å²) in [7, 11) is 0. The molecule has 1 heterocycles. The lowest BCUT2D eigenvalue weighted by Crippen LogP contribution is -2.26. The van der Waals surface area contributed by atoms with Gasteiger partial charge in [0.05, 0.1) is 6.04 Å². The predicted molar refractivity (Wildman–Crippen MR) is 121 cm³/mol. The van der Waals surface area contributed by atoms with Crippen molar-refractivity contribution in [1.29, 1.82) is 0 Å². The Kier molecular flexibility index (Phi) is 6.22. The molecule has 4 aromatic rings. The van der Waals surface area contributed by atoms with E-state index in [1.165, 1.54) is 17.7 Å². The number of nitrogens with one attached hydrogen (secondary N) is 1. The van der Waals surface area contributed by atoms with Gasteiger partial charge in [-0.05, 0) is 67.9 Å². The van der Waals surface area contributed by atoms with Gasteiger partial charge >= 0.3 is 0 Å². The lowest BCUT2D eigenvalue weighted by Gasteiger charge is -2.15. The van der Waals surface area contributed by atoms with Gasteiger partial charge < -0.3 is 10.1 Å². The Morgan fingerprint density at radius 1 is 0.938 bits per heavy atom. The van der Waals surface area contributed by atoms with Crippen molar-refractivity contribution in [3.63, 3.8) is 0 Å². The lowest BCUT2D eigenvalue weighted by molar-refractivity contribution is 0.0940. The van der Waals surface area contributed by atoms with E-state index in [0.29, 0.717) is 28.6 Å². The highest BCUT2D eigenvalue weighted by molar-refractivity contribution is 5.94. The molecule has 6 heteroatoms. The largest absolute Gasteiger partial charge is 0.439 e. The number of amides is 1. The zero-order valence-electron chi connectivity index (χ0n) is 17.7. The van der Waals surface area contributed by atoms with Gasteiger partial charge in [0, 0.05) is 23.4 Å². The maximum absolute atomic E-state index is 13.1. The fraction of sp³-hybridized carbons (Fsp3) is 0.115. The van der Waals surface area contributed by atoms with Crippen LogP contribution < -0.4 is 10.1 Å². The number of ether oxygens (including phenoxy) is 1. The first-order valence-electron chi connectivity index (χ1n) is 10.2. The summed E-state index contributed by atoms with van der Waals surface area (Å²) in [6.07, 6.45) is 1.58. The number of hydrogen-bond donors (Lipinski definition) is 1. The number of carbonyl (C=O) groups excluding carboxylic acids is 1. The second kappa shape index (κ2) is 9.39. The molecule has 0 bridgehead atoms. The molecular weight excluding hydrogens is 405 g/mol. The van der Waals surface area contributed by atoms with Gasteiger partial charge in [-0.15, -0.1) is 0 Å². The molecule has 160 valence electrons.